The Kier molecular flexibility index (Phi) is 6.34. The second-order valence-electron chi connectivity index (χ2n) is 5.50. The van der Waals surface area contributed by atoms with Crippen molar-refractivity contribution in [2.75, 3.05) is 13.2 Å². The van der Waals surface area contributed by atoms with Gasteiger partial charge in [-0.15, -0.1) is 0 Å². The average molecular weight is 450 g/mol. The van der Waals surface area contributed by atoms with Gasteiger partial charge in [-0.2, -0.15) is 0 Å². The fourth-order valence-corrected chi connectivity index (χ4v) is 3.76. The summed E-state index contributed by atoms with van der Waals surface area (Å²) in [7, 11) is 0. The second-order valence-corrected chi connectivity index (χ2v) is 8.13. The van der Waals surface area contributed by atoms with Gasteiger partial charge in [-0.05, 0) is 42.8 Å². The van der Waals surface area contributed by atoms with E-state index in [9.17, 15) is 4.79 Å². The van der Waals surface area contributed by atoms with Crippen molar-refractivity contribution in [1.29, 1.82) is 0 Å². The van der Waals surface area contributed by atoms with Crippen molar-refractivity contribution in [1.82, 2.24) is 5.32 Å². The highest BCUT2D eigenvalue weighted by atomic mass is 79.9. The van der Waals surface area contributed by atoms with Crippen molar-refractivity contribution in [2.24, 2.45) is 0 Å². The van der Waals surface area contributed by atoms with E-state index >= 15 is 0 Å². The number of thioether (sulfide) groups is 1. The maximum absolute atomic E-state index is 11.9. The summed E-state index contributed by atoms with van der Waals surface area (Å²) in [4.78, 5) is 12.4. The van der Waals surface area contributed by atoms with E-state index in [0.29, 0.717) is 28.2 Å². The van der Waals surface area contributed by atoms with Crippen LogP contribution in [0, 0.1) is 6.92 Å². The Bertz CT molecular complexity index is 883. The molecule has 2 aromatic rings. The number of nitrogens with one attached hydrogen (secondary N) is 1. The summed E-state index contributed by atoms with van der Waals surface area (Å²) in [6.07, 6.45) is 1.78. The van der Waals surface area contributed by atoms with Gasteiger partial charge in [0.15, 0.2) is 0 Å². The largest absolute Gasteiger partial charge is 0.490 e. The SMILES string of the molecule is Cc1ccccc1OCCOc1ccc(Br)cc1/C=C1\SC(=S)NC1=O. The quantitative estimate of drug-likeness (QED) is 0.393. The molecule has 1 aliphatic rings. The van der Waals surface area contributed by atoms with E-state index in [-0.39, 0.29) is 5.91 Å². The Balaban J connectivity index is 1.66. The second kappa shape index (κ2) is 8.70. The molecule has 0 atom stereocenters. The van der Waals surface area contributed by atoms with Crippen LogP contribution in [0.2, 0.25) is 0 Å². The molecule has 0 spiro atoms. The fraction of sp³-hybridized carbons (Fsp3) is 0.158. The number of thiocarbonyl (C=S) groups is 1. The van der Waals surface area contributed by atoms with Gasteiger partial charge in [-0.3, -0.25) is 4.79 Å². The summed E-state index contributed by atoms with van der Waals surface area (Å²) in [5.74, 6) is 1.34. The lowest BCUT2D eigenvalue weighted by molar-refractivity contribution is -0.115. The van der Waals surface area contributed by atoms with Gasteiger partial charge in [0.1, 0.15) is 29.0 Å². The molecule has 3 rings (SSSR count). The molecule has 0 aromatic heterocycles. The number of benzene rings is 2. The monoisotopic (exact) mass is 449 g/mol. The van der Waals surface area contributed by atoms with E-state index in [1.165, 1.54) is 11.8 Å². The highest BCUT2D eigenvalue weighted by Gasteiger charge is 2.22. The number of hydrogen-bond acceptors (Lipinski definition) is 5. The van der Waals surface area contributed by atoms with Crippen molar-refractivity contribution in [2.45, 2.75) is 6.92 Å². The van der Waals surface area contributed by atoms with Gasteiger partial charge >= 0.3 is 0 Å². The van der Waals surface area contributed by atoms with Crippen molar-refractivity contribution in [3.8, 4) is 11.5 Å². The Hall–Kier alpha value is -1.83. The van der Waals surface area contributed by atoms with Gasteiger partial charge in [0.25, 0.3) is 5.91 Å². The Morgan fingerprint density at radius 1 is 1.15 bits per heavy atom. The first-order chi connectivity index (χ1) is 12.5. The molecule has 1 aliphatic heterocycles. The summed E-state index contributed by atoms with van der Waals surface area (Å²) in [6, 6.07) is 13.5. The van der Waals surface area contributed by atoms with E-state index in [2.05, 4.69) is 21.2 Å². The predicted octanol–water partition coefficient (Wildman–Crippen LogP) is 4.70. The first kappa shape index (κ1) is 18.9. The molecule has 4 nitrogen and oxygen atoms in total. The maximum Gasteiger partial charge on any atom is 0.263 e. The number of amides is 1. The molecule has 0 unspecified atom stereocenters. The van der Waals surface area contributed by atoms with Gasteiger partial charge in [0.2, 0.25) is 0 Å². The van der Waals surface area contributed by atoms with Gasteiger partial charge in [-0.25, -0.2) is 0 Å². The van der Waals surface area contributed by atoms with Crippen LogP contribution >= 0.6 is 39.9 Å². The maximum atomic E-state index is 11.9. The van der Waals surface area contributed by atoms with E-state index in [4.69, 9.17) is 21.7 Å². The van der Waals surface area contributed by atoms with Gasteiger partial charge in [0, 0.05) is 10.0 Å². The van der Waals surface area contributed by atoms with Crippen LogP contribution in [0.25, 0.3) is 6.08 Å². The molecule has 0 saturated carbocycles. The molecular weight excluding hydrogens is 434 g/mol. The minimum absolute atomic E-state index is 0.186. The lowest BCUT2D eigenvalue weighted by atomic mass is 10.2. The molecule has 134 valence electrons. The van der Waals surface area contributed by atoms with Crippen LogP contribution in [0.4, 0.5) is 0 Å². The molecule has 1 saturated heterocycles. The number of hydrogen-bond donors (Lipinski definition) is 1. The summed E-state index contributed by atoms with van der Waals surface area (Å²) < 4.78 is 13.0. The lowest BCUT2D eigenvalue weighted by Crippen LogP contribution is -2.17. The minimum Gasteiger partial charge on any atom is -0.490 e. The number of ether oxygens (including phenoxy) is 2. The molecule has 26 heavy (non-hydrogen) atoms. The topological polar surface area (TPSA) is 47.6 Å². The number of carbonyl (C=O) groups excluding carboxylic acids is 1. The zero-order valence-electron chi connectivity index (χ0n) is 14.0. The highest BCUT2D eigenvalue weighted by Crippen LogP contribution is 2.31. The molecule has 2 aromatic carbocycles. The average Bonchev–Trinajstić information content (AvgIpc) is 2.92. The molecule has 0 aliphatic carbocycles. The van der Waals surface area contributed by atoms with Crippen LogP contribution in [-0.4, -0.2) is 23.4 Å². The third-order valence-corrected chi connectivity index (χ3v) is 5.25. The van der Waals surface area contributed by atoms with Crippen LogP contribution in [-0.2, 0) is 4.79 Å². The molecule has 1 amide bonds. The molecule has 0 radical (unpaired) electrons. The van der Waals surface area contributed by atoms with Gasteiger partial charge in [-0.1, -0.05) is 58.1 Å². The zero-order valence-corrected chi connectivity index (χ0v) is 17.2. The van der Waals surface area contributed by atoms with E-state index < -0.39 is 0 Å². The Labute approximate surface area is 170 Å². The third-order valence-electron chi connectivity index (χ3n) is 3.59. The zero-order chi connectivity index (χ0) is 18.5. The summed E-state index contributed by atoms with van der Waals surface area (Å²) in [5.41, 5.74) is 1.89. The molecule has 7 heteroatoms. The molecule has 1 fully saturated rings. The summed E-state index contributed by atoms with van der Waals surface area (Å²) in [5, 5.41) is 2.61. The van der Waals surface area contributed by atoms with Crippen LogP contribution in [0.5, 0.6) is 11.5 Å². The smallest absolute Gasteiger partial charge is 0.263 e. The Morgan fingerprint density at radius 2 is 1.88 bits per heavy atom. The number of aryl methyl sites for hydroxylation is 1. The van der Waals surface area contributed by atoms with Gasteiger partial charge in [0.05, 0.1) is 4.91 Å². The first-order valence-electron chi connectivity index (χ1n) is 7.88. The highest BCUT2D eigenvalue weighted by molar-refractivity contribution is 9.10. The number of rotatable bonds is 6. The number of halogens is 1. The Morgan fingerprint density at radius 3 is 2.58 bits per heavy atom. The van der Waals surface area contributed by atoms with Crippen molar-refractivity contribution >= 4 is 56.2 Å². The van der Waals surface area contributed by atoms with E-state index in [1.807, 2.05) is 49.4 Å². The van der Waals surface area contributed by atoms with Crippen LogP contribution in [0.1, 0.15) is 11.1 Å². The molecule has 1 N–H and O–H groups in total. The summed E-state index contributed by atoms with van der Waals surface area (Å²) >= 11 is 9.72. The number of para-hydroxylation sites is 1. The minimum atomic E-state index is -0.186. The van der Waals surface area contributed by atoms with Crippen LogP contribution in [0.15, 0.2) is 51.8 Å². The van der Waals surface area contributed by atoms with Crippen molar-refractivity contribution < 1.29 is 14.3 Å². The predicted molar refractivity (Wildman–Crippen MR) is 113 cm³/mol. The third kappa shape index (κ3) is 4.87. The fourth-order valence-electron chi connectivity index (χ4n) is 2.35. The van der Waals surface area contributed by atoms with E-state index in [1.54, 1.807) is 6.08 Å². The van der Waals surface area contributed by atoms with Crippen molar-refractivity contribution in [3.63, 3.8) is 0 Å². The van der Waals surface area contributed by atoms with Crippen LogP contribution < -0.4 is 14.8 Å². The standard InChI is InChI=1S/C19H16BrNO3S2/c1-12-4-2-3-5-15(12)23-8-9-24-16-7-6-14(20)10-13(16)11-17-18(22)21-19(25)26-17/h2-7,10-11H,8-9H2,1H3,(H,21,22,25)/b17-11-. The van der Waals surface area contributed by atoms with Gasteiger partial charge < -0.3 is 14.8 Å². The number of carbonyl (C=O) groups is 1. The normalized spacial score (nSPS) is 15.2. The van der Waals surface area contributed by atoms with E-state index in [0.717, 1.165) is 21.3 Å². The molecule has 0 bridgehead atoms. The van der Waals surface area contributed by atoms with Crippen molar-refractivity contribution in [3.05, 3.63) is 63.0 Å². The molecule has 1 heterocycles. The van der Waals surface area contributed by atoms with Crippen LogP contribution in [0.3, 0.4) is 0 Å². The summed E-state index contributed by atoms with van der Waals surface area (Å²) in [6.45, 7) is 2.82. The molecular formula is C19H16BrNO3S2. The first-order valence-corrected chi connectivity index (χ1v) is 9.90. The lowest BCUT2D eigenvalue weighted by Gasteiger charge is -2.12.